The van der Waals surface area contributed by atoms with Gasteiger partial charge in [0.05, 0.1) is 0 Å². The molecule has 2 aliphatic rings. The Morgan fingerprint density at radius 2 is 1.27 bits per heavy atom. The van der Waals surface area contributed by atoms with E-state index in [0.29, 0.717) is 6.71 Å². The fraction of sp³-hybridized carbons (Fsp3) is 0.0435. The fourth-order valence-electron chi connectivity index (χ4n) is 4.86. The van der Waals surface area contributed by atoms with Gasteiger partial charge >= 0.3 is 155 Å². The zero-order chi connectivity index (χ0) is 17.1. The van der Waals surface area contributed by atoms with Crippen molar-refractivity contribution in [3.8, 4) is 22.3 Å². The fourth-order valence-corrected chi connectivity index (χ4v) is 4.86. The third-order valence-corrected chi connectivity index (χ3v) is 5.98. The summed E-state index contributed by atoms with van der Waals surface area (Å²) < 4.78 is 0. The van der Waals surface area contributed by atoms with E-state index in [1.807, 2.05) is 0 Å². The maximum absolute atomic E-state index is 2.44. The van der Waals surface area contributed by atoms with Gasteiger partial charge in [0.25, 0.3) is 0 Å². The molecule has 1 aromatic heterocycles. The Morgan fingerprint density at radius 1 is 0.654 bits per heavy atom. The molecule has 0 bridgehead atoms. The van der Waals surface area contributed by atoms with Crippen LogP contribution in [0, 0.1) is 0 Å². The number of benzene rings is 3. The minimum atomic E-state index is 0.344. The van der Waals surface area contributed by atoms with Crippen molar-refractivity contribution in [1.29, 1.82) is 0 Å². The molecule has 0 N–H and O–H groups in total. The molecule has 0 spiro atoms. The van der Waals surface area contributed by atoms with Crippen LogP contribution in [-0.4, -0.2) is 20.5 Å². The summed E-state index contributed by atoms with van der Waals surface area (Å²) in [6, 6.07) is 26.5. The minimum absolute atomic E-state index is 0.344. The van der Waals surface area contributed by atoms with Crippen LogP contribution < -0.4 is 16.2 Å². The molecule has 0 amide bonds. The molecule has 4 aromatic rings. The first-order valence-corrected chi connectivity index (χ1v) is 9.29. The van der Waals surface area contributed by atoms with Gasteiger partial charge < -0.3 is 0 Å². The van der Waals surface area contributed by atoms with E-state index < -0.39 is 0 Å². The zero-order valence-electron chi connectivity index (χ0n) is 14.4. The average molecular weight is 324 g/mol. The summed E-state index contributed by atoms with van der Waals surface area (Å²) in [4.78, 5) is 0. The van der Waals surface area contributed by atoms with Crippen LogP contribution in [-0.2, 0) is 6.42 Å². The van der Waals surface area contributed by atoms with Crippen molar-refractivity contribution in [2.45, 2.75) is 6.42 Å². The molecule has 1 aliphatic carbocycles. The van der Waals surface area contributed by atoms with Gasteiger partial charge in [-0.2, -0.15) is 0 Å². The quantitative estimate of drug-likeness (QED) is 0.408. The third-order valence-electron chi connectivity index (χ3n) is 5.98. The first kappa shape index (κ1) is 14.5. The molecule has 6 rings (SSSR count). The van der Waals surface area contributed by atoms with Gasteiger partial charge in [-0.25, -0.2) is 0 Å². The van der Waals surface area contributed by atoms with Crippen molar-refractivity contribution in [3.63, 3.8) is 0 Å². The van der Waals surface area contributed by atoms with Gasteiger partial charge in [-0.05, 0) is 0 Å². The standard InChI is InChI=1S/C23H15B3/c1-2-8-16-15(7-1)13-20-19(16)14-24-23(25-20)26-21-11-5-3-9-17(21)18-10-4-6-12-22(18)26/h1-12,14H,13H2. The van der Waals surface area contributed by atoms with Gasteiger partial charge in [0.2, 0.25) is 0 Å². The van der Waals surface area contributed by atoms with E-state index in [0.717, 1.165) is 6.42 Å². The van der Waals surface area contributed by atoms with Crippen molar-refractivity contribution >= 4 is 36.7 Å². The molecule has 116 valence electrons. The van der Waals surface area contributed by atoms with E-state index in [-0.39, 0.29) is 0 Å². The van der Waals surface area contributed by atoms with Crippen molar-refractivity contribution in [2.24, 2.45) is 0 Å². The molecule has 0 saturated carbocycles. The normalized spacial score (nSPS) is 12.8. The molecule has 0 saturated heterocycles. The van der Waals surface area contributed by atoms with E-state index in [2.05, 4.69) is 92.6 Å². The van der Waals surface area contributed by atoms with Crippen LogP contribution in [0.5, 0.6) is 0 Å². The van der Waals surface area contributed by atoms with Crippen molar-refractivity contribution in [2.75, 3.05) is 0 Å². The Balaban J connectivity index is 1.54. The summed E-state index contributed by atoms with van der Waals surface area (Å²) in [6.07, 6.45) is 1.05. The van der Waals surface area contributed by atoms with Crippen molar-refractivity contribution in [3.05, 3.63) is 89.8 Å². The predicted octanol–water partition coefficient (Wildman–Crippen LogP) is 2.43. The van der Waals surface area contributed by atoms with E-state index in [9.17, 15) is 0 Å². The summed E-state index contributed by atoms with van der Waals surface area (Å²) in [5.41, 5.74) is 11.4. The first-order valence-electron chi connectivity index (χ1n) is 9.29. The Labute approximate surface area is 155 Å². The zero-order valence-corrected chi connectivity index (χ0v) is 14.4. The van der Waals surface area contributed by atoms with E-state index in [1.54, 1.807) is 0 Å². The second-order valence-corrected chi connectivity index (χ2v) is 7.36. The first-order chi connectivity index (χ1) is 12.9. The summed E-state index contributed by atoms with van der Waals surface area (Å²) in [7, 11) is 0. The molecule has 1 aliphatic heterocycles. The topological polar surface area (TPSA) is 0 Å². The van der Waals surface area contributed by atoms with Crippen molar-refractivity contribution < 1.29 is 0 Å². The van der Waals surface area contributed by atoms with E-state index in [1.165, 1.54) is 49.5 Å². The molecule has 3 heteroatoms. The molecule has 3 aromatic carbocycles. The number of rotatable bonds is 1. The summed E-state index contributed by atoms with van der Waals surface area (Å²) in [5, 5.41) is 1.41. The average Bonchev–Trinajstić information content (AvgIpc) is 3.23. The van der Waals surface area contributed by atoms with Gasteiger partial charge in [-0.15, -0.1) is 0 Å². The van der Waals surface area contributed by atoms with Crippen LogP contribution in [0.3, 0.4) is 0 Å². The van der Waals surface area contributed by atoms with Crippen LogP contribution in [0.4, 0.5) is 0 Å². The van der Waals surface area contributed by atoms with Gasteiger partial charge in [0.15, 0.2) is 0 Å². The van der Waals surface area contributed by atoms with Crippen LogP contribution in [0.25, 0.3) is 22.3 Å². The number of hydrogen-bond donors (Lipinski definition) is 0. The van der Waals surface area contributed by atoms with Crippen LogP contribution in [0.15, 0.2) is 78.8 Å². The molecule has 2 heterocycles. The predicted molar refractivity (Wildman–Crippen MR) is 114 cm³/mol. The Kier molecular flexibility index (Phi) is 3.02. The van der Waals surface area contributed by atoms with Crippen LogP contribution in [0.1, 0.15) is 11.0 Å². The van der Waals surface area contributed by atoms with Gasteiger partial charge in [0, 0.05) is 0 Å². The second-order valence-electron chi connectivity index (χ2n) is 7.36. The molecule has 0 nitrogen and oxygen atoms in total. The van der Waals surface area contributed by atoms with Gasteiger partial charge in [-0.1, -0.05) is 0 Å². The van der Waals surface area contributed by atoms with Crippen molar-refractivity contribution in [1.82, 2.24) is 0 Å². The summed E-state index contributed by atoms with van der Waals surface area (Å²) >= 11 is 0. The van der Waals surface area contributed by atoms with Gasteiger partial charge in [0.1, 0.15) is 0 Å². The Morgan fingerprint density at radius 3 is 2.00 bits per heavy atom. The maximum atomic E-state index is 2.44. The molecule has 0 atom stereocenters. The second kappa shape index (κ2) is 5.41. The molecular formula is C23H15B3. The monoisotopic (exact) mass is 324 g/mol. The third kappa shape index (κ3) is 1.95. The molecule has 0 unspecified atom stereocenters. The Bertz CT molecular complexity index is 1130. The summed E-state index contributed by atoms with van der Waals surface area (Å²) in [5.74, 6) is 2.33. The molecule has 0 fully saturated rings. The van der Waals surface area contributed by atoms with Crippen LogP contribution >= 0.6 is 0 Å². The van der Waals surface area contributed by atoms with E-state index >= 15 is 0 Å². The Hall–Kier alpha value is -2.67. The van der Waals surface area contributed by atoms with Crippen LogP contribution in [0.2, 0.25) is 0 Å². The van der Waals surface area contributed by atoms with Gasteiger partial charge in [-0.3, -0.25) is 0 Å². The number of fused-ring (bicyclic) bond motifs is 6. The SMILES string of the molecule is b1cc2c(bc1B1c3ccccc3-c3ccccc31)Cc1ccccc1-2. The molecule has 26 heavy (non-hydrogen) atoms. The summed E-state index contributed by atoms with van der Waals surface area (Å²) in [6.45, 7) is 5.13. The molecule has 0 radical (unpaired) electrons. The van der Waals surface area contributed by atoms with E-state index in [4.69, 9.17) is 0 Å². The number of hydrogen-bond acceptors (Lipinski definition) is 0. The molecular weight excluding hydrogens is 309 g/mol.